The molecule has 0 bridgehead atoms. The van der Waals surface area contributed by atoms with E-state index in [1.54, 1.807) is 10.7 Å². The second kappa shape index (κ2) is 8.79. The van der Waals surface area contributed by atoms with Gasteiger partial charge in [-0.2, -0.15) is 5.10 Å². The highest BCUT2D eigenvalue weighted by atomic mass is 16.5. The number of carbonyl (C=O) groups excluding carboxylic acids is 1. The minimum Gasteiger partial charge on any atom is -0.478 e. The molecular formula is C22H29N7O2. The zero-order valence-corrected chi connectivity index (χ0v) is 18.5. The lowest BCUT2D eigenvalue weighted by Crippen LogP contribution is -2.55. The minimum absolute atomic E-state index is 0.103. The van der Waals surface area contributed by atoms with Gasteiger partial charge >= 0.3 is 6.03 Å². The van der Waals surface area contributed by atoms with Crippen LogP contribution in [0.25, 0.3) is 11.0 Å². The number of pyridine rings is 2. The molecule has 1 N–H and O–H groups in total. The van der Waals surface area contributed by atoms with E-state index in [0.29, 0.717) is 31.3 Å². The Labute approximate surface area is 182 Å². The lowest BCUT2D eigenvalue weighted by Gasteiger charge is -2.42. The molecule has 1 aliphatic rings. The van der Waals surface area contributed by atoms with Gasteiger partial charge in [-0.25, -0.2) is 14.8 Å². The SMILES string of the molecule is CCOc1ccc(NC(=O)N2CCN(c3ccnc4c3cnn4C)C(CC)C2)c(C)n1. The Morgan fingerprint density at radius 3 is 2.84 bits per heavy atom. The number of aromatic nitrogens is 4. The summed E-state index contributed by atoms with van der Waals surface area (Å²) in [4.78, 5) is 26.1. The number of nitrogens with zero attached hydrogens (tertiary/aromatic N) is 6. The van der Waals surface area contributed by atoms with E-state index < -0.39 is 0 Å². The molecule has 1 unspecified atom stereocenters. The van der Waals surface area contributed by atoms with Crippen LogP contribution in [0.3, 0.4) is 0 Å². The molecule has 0 spiro atoms. The molecule has 3 aromatic rings. The number of ether oxygens (including phenoxy) is 1. The molecule has 31 heavy (non-hydrogen) atoms. The summed E-state index contributed by atoms with van der Waals surface area (Å²) in [6.45, 7) is 8.53. The van der Waals surface area contributed by atoms with Crippen LogP contribution in [-0.4, -0.2) is 63.0 Å². The van der Waals surface area contributed by atoms with Crippen LogP contribution >= 0.6 is 0 Å². The third kappa shape index (κ3) is 4.12. The van der Waals surface area contributed by atoms with Crippen molar-refractivity contribution in [2.45, 2.75) is 33.2 Å². The Morgan fingerprint density at radius 2 is 2.10 bits per heavy atom. The van der Waals surface area contributed by atoms with Gasteiger partial charge in [0.2, 0.25) is 5.88 Å². The average molecular weight is 424 g/mol. The number of amides is 2. The number of anilines is 2. The molecule has 4 heterocycles. The van der Waals surface area contributed by atoms with Crippen LogP contribution in [0, 0.1) is 6.92 Å². The molecular weight excluding hydrogens is 394 g/mol. The molecule has 0 radical (unpaired) electrons. The van der Waals surface area contributed by atoms with Gasteiger partial charge in [0.25, 0.3) is 0 Å². The number of hydrogen-bond donors (Lipinski definition) is 1. The third-order valence-electron chi connectivity index (χ3n) is 5.76. The largest absolute Gasteiger partial charge is 0.478 e. The first-order chi connectivity index (χ1) is 15.0. The second-order valence-electron chi connectivity index (χ2n) is 7.68. The van der Waals surface area contributed by atoms with Gasteiger partial charge in [0, 0.05) is 45.0 Å². The molecule has 164 valence electrons. The van der Waals surface area contributed by atoms with Crippen LogP contribution in [0.5, 0.6) is 5.88 Å². The van der Waals surface area contributed by atoms with Gasteiger partial charge in [0.15, 0.2) is 5.65 Å². The zero-order valence-electron chi connectivity index (χ0n) is 18.5. The third-order valence-corrected chi connectivity index (χ3v) is 5.76. The highest BCUT2D eigenvalue weighted by Gasteiger charge is 2.30. The number of nitrogens with one attached hydrogen (secondary N) is 1. The van der Waals surface area contributed by atoms with Crippen LogP contribution in [0.15, 0.2) is 30.6 Å². The van der Waals surface area contributed by atoms with Crippen molar-refractivity contribution < 1.29 is 9.53 Å². The predicted octanol–water partition coefficient (Wildman–Crippen LogP) is 3.20. The molecule has 1 aliphatic heterocycles. The molecule has 9 heteroatoms. The fourth-order valence-corrected chi connectivity index (χ4v) is 4.08. The monoisotopic (exact) mass is 423 g/mol. The molecule has 4 rings (SSSR count). The summed E-state index contributed by atoms with van der Waals surface area (Å²) in [5.41, 5.74) is 3.43. The van der Waals surface area contributed by atoms with Crippen molar-refractivity contribution in [3.05, 3.63) is 36.3 Å². The summed E-state index contributed by atoms with van der Waals surface area (Å²) in [5, 5.41) is 8.40. The van der Waals surface area contributed by atoms with Crippen molar-refractivity contribution >= 4 is 28.4 Å². The number of rotatable bonds is 5. The van der Waals surface area contributed by atoms with Crippen molar-refractivity contribution in [2.75, 3.05) is 36.5 Å². The molecule has 9 nitrogen and oxygen atoms in total. The summed E-state index contributed by atoms with van der Waals surface area (Å²) < 4.78 is 7.22. The maximum absolute atomic E-state index is 13.0. The molecule has 2 amide bonds. The summed E-state index contributed by atoms with van der Waals surface area (Å²) in [6.07, 6.45) is 4.62. The first-order valence-electron chi connectivity index (χ1n) is 10.7. The minimum atomic E-state index is -0.103. The fourth-order valence-electron chi connectivity index (χ4n) is 4.08. The first kappa shape index (κ1) is 20.9. The maximum atomic E-state index is 13.0. The quantitative estimate of drug-likeness (QED) is 0.678. The van der Waals surface area contributed by atoms with Crippen LogP contribution < -0.4 is 15.0 Å². The van der Waals surface area contributed by atoms with E-state index >= 15 is 0 Å². The molecule has 0 aliphatic carbocycles. The standard InChI is InChI=1S/C22H29N7O2/c1-5-16-14-28(22(30)26-18-7-8-20(31-6-2)25-15(18)3)11-12-29(16)19-9-10-23-21-17(19)13-24-27(21)4/h7-10,13,16H,5-6,11-12,14H2,1-4H3,(H,26,30). The van der Waals surface area contributed by atoms with Crippen LogP contribution in [0.2, 0.25) is 0 Å². The van der Waals surface area contributed by atoms with Crippen LogP contribution in [-0.2, 0) is 7.05 Å². The Morgan fingerprint density at radius 1 is 1.26 bits per heavy atom. The zero-order chi connectivity index (χ0) is 22.0. The molecule has 1 saturated heterocycles. The van der Waals surface area contributed by atoms with Gasteiger partial charge in [-0.1, -0.05) is 6.92 Å². The smallest absolute Gasteiger partial charge is 0.322 e. The van der Waals surface area contributed by atoms with Crippen molar-refractivity contribution in [2.24, 2.45) is 7.05 Å². The Balaban J connectivity index is 1.48. The second-order valence-corrected chi connectivity index (χ2v) is 7.68. The Bertz CT molecular complexity index is 1080. The lowest BCUT2D eigenvalue weighted by molar-refractivity contribution is 0.197. The van der Waals surface area contributed by atoms with E-state index in [4.69, 9.17) is 4.74 Å². The number of carbonyl (C=O) groups is 1. The van der Waals surface area contributed by atoms with Crippen molar-refractivity contribution in [1.82, 2.24) is 24.6 Å². The highest BCUT2D eigenvalue weighted by molar-refractivity contribution is 5.91. The van der Waals surface area contributed by atoms with Gasteiger partial charge in [0.1, 0.15) is 0 Å². The van der Waals surface area contributed by atoms with E-state index in [1.165, 1.54) is 0 Å². The average Bonchev–Trinajstić information content (AvgIpc) is 3.16. The van der Waals surface area contributed by atoms with E-state index in [-0.39, 0.29) is 12.1 Å². The van der Waals surface area contributed by atoms with Crippen LogP contribution in [0.4, 0.5) is 16.2 Å². The summed E-state index contributed by atoms with van der Waals surface area (Å²) in [6, 6.07) is 5.77. The van der Waals surface area contributed by atoms with E-state index in [1.807, 2.05) is 50.3 Å². The van der Waals surface area contributed by atoms with Crippen molar-refractivity contribution in [3.8, 4) is 5.88 Å². The Hall–Kier alpha value is -3.36. The molecule has 3 aromatic heterocycles. The van der Waals surface area contributed by atoms with Gasteiger partial charge in [-0.05, 0) is 32.4 Å². The lowest BCUT2D eigenvalue weighted by atomic mass is 10.1. The predicted molar refractivity (Wildman–Crippen MR) is 121 cm³/mol. The van der Waals surface area contributed by atoms with Gasteiger partial charge in [-0.3, -0.25) is 4.68 Å². The number of hydrogen-bond acceptors (Lipinski definition) is 6. The Kier molecular flexibility index (Phi) is 5.92. The fraction of sp³-hybridized carbons (Fsp3) is 0.455. The molecule has 1 fully saturated rings. The maximum Gasteiger partial charge on any atom is 0.322 e. The molecule has 0 saturated carbocycles. The number of aryl methyl sites for hydroxylation is 2. The molecule has 1 atom stereocenters. The summed E-state index contributed by atoms with van der Waals surface area (Å²) >= 11 is 0. The van der Waals surface area contributed by atoms with Gasteiger partial charge in [0.05, 0.1) is 35.3 Å². The number of fused-ring (bicyclic) bond motifs is 1. The van der Waals surface area contributed by atoms with E-state index in [9.17, 15) is 4.79 Å². The topological polar surface area (TPSA) is 88.4 Å². The van der Waals surface area contributed by atoms with Crippen molar-refractivity contribution in [3.63, 3.8) is 0 Å². The van der Waals surface area contributed by atoms with Gasteiger partial charge in [-0.15, -0.1) is 0 Å². The molecule has 0 aromatic carbocycles. The first-order valence-corrected chi connectivity index (χ1v) is 10.7. The van der Waals surface area contributed by atoms with E-state index in [2.05, 4.69) is 32.2 Å². The van der Waals surface area contributed by atoms with Gasteiger partial charge < -0.3 is 19.9 Å². The number of urea groups is 1. The summed E-state index contributed by atoms with van der Waals surface area (Å²) in [7, 11) is 1.90. The number of piperazine rings is 1. The van der Waals surface area contributed by atoms with E-state index in [0.717, 1.165) is 35.4 Å². The van der Waals surface area contributed by atoms with Crippen LogP contribution in [0.1, 0.15) is 26.0 Å². The summed E-state index contributed by atoms with van der Waals surface area (Å²) in [5.74, 6) is 0.566. The highest BCUT2D eigenvalue weighted by Crippen LogP contribution is 2.29. The van der Waals surface area contributed by atoms with Crippen molar-refractivity contribution in [1.29, 1.82) is 0 Å². The normalized spacial score (nSPS) is 16.6.